The molecule has 84 heavy (non-hydrogen) atoms. The fraction of sp³-hybridized carbons (Fsp3) is 0.342. The number of para-hydroxylation sites is 2. The zero-order valence-corrected chi connectivity index (χ0v) is 50.1. The maximum absolute atomic E-state index is 13.8. The summed E-state index contributed by atoms with van der Waals surface area (Å²) in [6.07, 6.45) is -10.3. The van der Waals surface area contributed by atoms with Crippen molar-refractivity contribution >= 4 is 33.0 Å². The van der Waals surface area contributed by atoms with Crippen molar-refractivity contribution < 1.29 is 61.8 Å². The van der Waals surface area contributed by atoms with Crippen LogP contribution in [0.3, 0.4) is 0 Å². The van der Waals surface area contributed by atoms with Crippen LogP contribution in [0.15, 0.2) is 156 Å². The molecule has 11 heteroatoms. The van der Waals surface area contributed by atoms with Crippen LogP contribution in [-0.2, 0) is 26.5 Å². The molecule has 1 radical (unpaired) electrons. The fourth-order valence-corrected chi connectivity index (χ4v) is 12.3. The van der Waals surface area contributed by atoms with Gasteiger partial charge in [0.15, 0.2) is 5.41 Å². The average molecular weight is 1320 g/mol. The predicted molar refractivity (Wildman–Crippen MR) is 325 cm³/mol. The maximum atomic E-state index is 13.8. The minimum Gasteiger partial charge on any atom is -0.501 e. The van der Waals surface area contributed by atoms with Crippen molar-refractivity contribution in [3.8, 4) is 50.6 Å². The number of nitrogens with zero attached hydrogens (tertiary/aromatic N) is 3. The third-order valence-electron chi connectivity index (χ3n) is 17.3. The number of rotatable bonds is 10. The van der Waals surface area contributed by atoms with E-state index in [0.29, 0.717) is 35.5 Å². The molecular formula is C73H71F6IrN3O-2. The van der Waals surface area contributed by atoms with E-state index < -0.39 is 50.7 Å². The molecule has 0 atom stereocenters. The van der Waals surface area contributed by atoms with Crippen LogP contribution in [0.2, 0.25) is 0 Å². The Hall–Kier alpha value is -6.81. The number of aryl methyl sites for hydroxylation is 2. The van der Waals surface area contributed by atoms with E-state index in [0.717, 1.165) is 90.4 Å². The molecule has 7 aromatic carbocycles. The maximum Gasteiger partial charge on any atom is 0.403 e. The quantitative estimate of drug-likeness (QED) is 0.101. The molecule has 0 N–H and O–H groups in total. The minimum absolute atomic E-state index is 0. The smallest absolute Gasteiger partial charge is 0.403 e. The normalized spacial score (nSPS) is 17.7. The van der Waals surface area contributed by atoms with Gasteiger partial charge >= 0.3 is 12.4 Å². The molecule has 0 amide bonds. The van der Waals surface area contributed by atoms with E-state index in [2.05, 4.69) is 106 Å². The summed E-state index contributed by atoms with van der Waals surface area (Å²) in [6, 6.07) is 52.7. The van der Waals surface area contributed by atoms with Gasteiger partial charge in [-0.2, -0.15) is 26.3 Å². The first-order chi connectivity index (χ1) is 42.8. The molecule has 12 rings (SSSR count). The number of hydrogen-bond donors (Lipinski definition) is 0. The molecule has 0 bridgehead atoms. The van der Waals surface area contributed by atoms with Crippen LogP contribution < -0.4 is 0 Å². The second-order valence-corrected chi connectivity index (χ2v) is 24.0. The summed E-state index contributed by atoms with van der Waals surface area (Å²) in [5.74, 6) is 0.219. The van der Waals surface area contributed by atoms with Crippen LogP contribution in [0.5, 0.6) is 0 Å². The van der Waals surface area contributed by atoms with Crippen molar-refractivity contribution in [1.82, 2.24) is 14.5 Å². The number of halogens is 6. The SMILES string of the molecule is CC(C)c1cc(-c2ccc(C3CCC(C(F)(F)F)(C(F)(F)F)CC3)cc2)cc(C(C)C)c1-n1c(-c2[c-]ccc3c2oc2ccc(-c4ccccc4)cc23)nc2ccccc21.[2H]C([2H])([2H])c1c[c-]c(-c2cc(C([2H])([2H])[2H])c(C([2H])([2H])C3CCC(C)(C)CC3)cn2)cc1.[Ir]. The molecule has 2 aliphatic rings. The second kappa shape index (κ2) is 23.9. The molecule has 10 aromatic rings. The number of furan rings is 1. The van der Waals surface area contributed by atoms with E-state index in [1.165, 1.54) is 24.4 Å². The van der Waals surface area contributed by atoms with Gasteiger partial charge in [-0.25, -0.2) is 0 Å². The molecule has 3 aromatic heterocycles. The number of imidazole rings is 1. The molecule has 2 aliphatic carbocycles. The van der Waals surface area contributed by atoms with Crippen molar-refractivity contribution in [3.05, 3.63) is 197 Å². The second-order valence-electron chi connectivity index (χ2n) is 24.0. The topological polar surface area (TPSA) is 43.9 Å². The number of aromatic nitrogens is 3. The third kappa shape index (κ3) is 11.9. The van der Waals surface area contributed by atoms with Crippen LogP contribution in [0.25, 0.3) is 83.6 Å². The van der Waals surface area contributed by atoms with Crippen LogP contribution in [-0.4, -0.2) is 26.9 Å². The van der Waals surface area contributed by atoms with E-state index in [1.54, 1.807) is 6.07 Å². The number of benzene rings is 7. The third-order valence-corrected chi connectivity index (χ3v) is 17.3. The minimum atomic E-state index is -5.34. The molecular weight excluding hydrogens is 1240 g/mol. The molecule has 0 aliphatic heterocycles. The summed E-state index contributed by atoms with van der Waals surface area (Å²) in [5.41, 5.74) is 9.56. The number of alkyl halides is 6. The van der Waals surface area contributed by atoms with Crippen LogP contribution >= 0.6 is 0 Å². The zero-order valence-electron chi connectivity index (χ0n) is 55.8. The fourth-order valence-electron chi connectivity index (χ4n) is 12.3. The molecule has 3 heterocycles. The predicted octanol–water partition coefficient (Wildman–Crippen LogP) is 21.7. The Labute approximate surface area is 514 Å². The molecule has 2 fully saturated rings. The van der Waals surface area contributed by atoms with E-state index in [9.17, 15) is 26.3 Å². The van der Waals surface area contributed by atoms with E-state index >= 15 is 0 Å². The van der Waals surface area contributed by atoms with Gasteiger partial charge in [-0.3, -0.25) is 4.98 Å². The monoisotopic (exact) mass is 1320 g/mol. The number of fused-ring (bicyclic) bond motifs is 4. The van der Waals surface area contributed by atoms with Crippen molar-refractivity contribution in [2.75, 3.05) is 0 Å². The van der Waals surface area contributed by atoms with Gasteiger partial charge in [0, 0.05) is 48.3 Å². The van der Waals surface area contributed by atoms with Gasteiger partial charge in [-0.15, -0.1) is 53.6 Å². The zero-order chi connectivity index (χ0) is 65.4. The van der Waals surface area contributed by atoms with Crippen LogP contribution in [0.4, 0.5) is 26.3 Å². The van der Waals surface area contributed by atoms with Crippen molar-refractivity contribution in [2.24, 2.45) is 16.7 Å². The number of pyridine rings is 1. The molecule has 0 spiro atoms. The average Bonchev–Trinajstić information content (AvgIpc) is 1.39. The van der Waals surface area contributed by atoms with Gasteiger partial charge in [0.05, 0.1) is 22.4 Å². The van der Waals surface area contributed by atoms with Gasteiger partial charge in [-0.05, 0) is 180 Å². The van der Waals surface area contributed by atoms with Crippen molar-refractivity contribution in [1.29, 1.82) is 0 Å². The molecule has 4 nitrogen and oxygen atoms in total. The Kier molecular flexibility index (Phi) is 14.4. The first-order valence-electron chi connectivity index (χ1n) is 32.6. The van der Waals surface area contributed by atoms with E-state index in [4.69, 9.17) is 20.4 Å². The van der Waals surface area contributed by atoms with Gasteiger partial charge in [-0.1, -0.05) is 144 Å². The standard InChI is InChI=1S/C51H43F6N2O.C22H28N.Ir/c1-30(2)40-28-37(34-19-17-33(18-20-34)35-23-25-49(26-24-35,50(52,53)54)51(55,56)57)29-41(31(3)4)46(40)59-44-16-9-8-15-43(44)58-48(59)39-14-10-13-38-42-27-36(32-11-6-5-7-12-32)21-22-45(42)60-47(38)39;1-16-5-7-19(8-6-16)21-13-17(2)20(15-23-21)14-18-9-11-22(3,4)12-10-18;/h5-13,15-22,27-31,35H,23-26H2,1-4H3;5-7,13,15,18H,9-12,14H2,1-4H3;/q2*-1;/i;1D3,2D3,14D2;. The Bertz CT molecular complexity index is 4220. The van der Waals surface area contributed by atoms with E-state index in [-0.39, 0.29) is 78.7 Å². The van der Waals surface area contributed by atoms with Gasteiger partial charge in [0.25, 0.3) is 0 Å². The summed E-state index contributed by atoms with van der Waals surface area (Å²) < 4.78 is 156. The molecule has 437 valence electrons. The van der Waals surface area contributed by atoms with Gasteiger partial charge in [0.2, 0.25) is 0 Å². The van der Waals surface area contributed by atoms with Crippen molar-refractivity contribution in [3.63, 3.8) is 0 Å². The Morgan fingerprint density at radius 3 is 1.98 bits per heavy atom. The Morgan fingerprint density at radius 2 is 1.35 bits per heavy atom. The summed E-state index contributed by atoms with van der Waals surface area (Å²) in [6.45, 7) is 8.25. The number of hydrogen-bond acceptors (Lipinski definition) is 3. The van der Waals surface area contributed by atoms with Gasteiger partial charge < -0.3 is 14.0 Å². The summed E-state index contributed by atoms with van der Waals surface area (Å²) in [7, 11) is 0. The first kappa shape index (κ1) is 50.5. The summed E-state index contributed by atoms with van der Waals surface area (Å²) >= 11 is 0. The van der Waals surface area contributed by atoms with Crippen LogP contribution in [0, 0.1) is 42.6 Å². The molecule has 2 saturated carbocycles. The van der Waals surface area contributed by atoms with Crippen LogP contribution in [0.1, 0.15) is 155 Å². The summed E-state index contributed by atoms with van der Waals surface area (Å²) in [4.78, 5) is 9.61. The van der Waals surface area contributed by atoms with E-state index in [1.807, 2.05) is 78.9 Å². The largest absolute Gasteiger partial charge is 0.501 e. The summed E-state index contributed by atoms with van der Waals surface area (Å²) in [5, 5.41) is 1.97. The van der Waals surface area contributed by atoms with Crippen molar-refractivity contribution in [2.45, 2.75) is 143 Å². The Morgan fingerprint density at radius 1 is 0.690 bits per heavy atom. The first-order valence-corrected chi connectivity index (χ1v) is 28.6. The Balaban J connectivity index is 0.000000245. The molecule has 0 saturated heterocycles. The van der Waals surface area contributed by atoms with Gasteiger partial charge in [0.1, 0.15) is 5.58 Å². The molecule has 0 unspecified atom stereocenters.